The van der Waals surface area contributed by atoms with E-state index in [1.165, 1.54) is 13.2 Å². The Morgan fingerprint density at radius 3 is 2.22 bits per heavy atom. The van der Waals surface area contributed by atoms with Gasteiger partial charge in [0.15, 0.2) is 0 Å². The highest BCUT2D eigenvalue weighted by molar-refractivity contribution is 6.76. The van der Waals surface area contributed by atoms with E-state index in [0.717, 1.165) is 11.6 Å². The van der Waals surface area contributed by atoms with Crippen molar-refractivity contribution >= 4 is 19.8 Å². The molecule has 0 aromatic rings. The van der Waals surface area contributed by atoms with Gasteiger partial charge in [0.2, 0.25) is 0 Å². The lowest BCUT2D eigenvalue weighted by Gasteiger charge is -2.27. The molecule has 134 valence electrons. The van der Waals surface area contributed by atoms with Crippen molar-refractivity contribution in [1.82, 2.24) is 0 Å². The second kappa shape index (κ2) is 9.35. The fourth-order valence-corrected chi connectivity index (χ4v) is 3.66. The molecule has 0 aliphatic heterocycles. The zero-order valence-electron chi connectivity index (χ0n) is 15.6. The maximum Gasteiger partial charge on any atom is 0.330 e. The highest BCUT2D eigenvalue weighted by atomic mass is 28.3. The summed E-state index contributed by atoms with van der Waals surface area (Å²) in [7, 11) is 0.0237. The number of hydrogen-bond donors (Lipinski definition) is 1. The first kappa shape index (κ1) is 22.0. The number of aliphatic hydroxyl groups excluding tert-OH is 1. The lowest BCUT2D eigenvalue weighted by molar-refractivity contribution is -0.137. The van der Waals surface area contributed by atoms with E-state index in [9.17, 15) is 14.7 Å². The number of carbonyl (C=O) groups excluding carboxylic acids is 2. The molecule has 0 saturated carbocycles. The minimum Gasteiger partial charge on any atom is -0.463 e. The minimum absolute atomic E-state index is 0.0859. The zero-order valence-corrected chi connectivity index (χ0v) is 16.6. The number of carbonyl (C=O) groups is 2. The Morgan fingerprint density at radius 1 is 1.26 bits per heavy atom. The minimum atomic E-state index is -1.51. The van der Waals surface area contributed by atoms with E-state index in [2.05, 4.69) is 19.6 Å². The van der Waals surface area contributed by atoms with Crippen molar-refractivity contribution in [1.29, 1.82) is 0 Å². The normalized spacial score (nSPS) is 14.5. The van der Waals surface area contributed by atoms with Crippen molar-refractivity contribution in [2.75, 3.05) is 20.3 Å². The van der Waals surface area contributed by atoms with Crippen molar-refractivity contribution in [2.24, 2.45) is 5.41 Å². The average Bonchev–Trinajstić information content (AvgIpc) is 2.42. The van der Waals surface area contributed by atoms with Crippen molar-refractivity contribution in [2.45, 2.75) is 59.0 Å². The number of ether oxygens (including phenoxy) is 2. The molecule has 23 heavy (non-hydrogen) atoms. The number of esters is 1. The summed E-state index contributed by atoms with van der Waals surface area (Å²) >= 11 is 0. The molecule has 0 rings (SSSR count). The summed E-state index contributed by atoms with van der Waals surface area (Å²) in [5.74, 6) is -0.492. The first-order valence-electron chi connectivity index (χ1n) is 8.01. The summed E-state index contributed by atoms with van der Waals surface area (Å²) in [6.45, 7) is 11.8. The molecule has 0 aliphatic rings. The second-order valence-corrected chi connectivity index (χ2v) is 13.1. The lowest BCUT2D eigenvalue weighted by Crippen LogP contribution is -2.34. The van der Waals surface area contributed by atoms with Gasteiger partial charge in [0.05, 0.1) is 19.3 Å². The van der Waals surface area contributed by atoms with E-state index in [1.807, 2.05) is 0 Å². The maximum absolute atomic E-state index is 12.4. The molecular formula is C17H32O5Si. The Hall–Kier alpha value is -0.983. The molecule has 0 heterocycles. The van der Waals surface area contributed by atoms with Gasteiger partial charge in [0.1, 0.15) is 5.78 Å². The SMILES string of the molecule is CCOC(=O)/C=C(/C[Si](C)(C)C)[C@H](CC(=O)C(C)(C)CO)OC. The molecule has 1 atom stereocenters. The van der Waals surface area contributed by atoms with Crippen molar-refractivity contribution < 1.29 is 24.2 Å². The summed E-state index contributed by atoms with van der Waals surface area (Å²) < 4.78 is 10.5. The largest absolute Gasteiger partial charge is 0.463 e. The summed E-state index contributed by atoms with van der Waals surface area (Å²) in [5, 5.41) is 9.35. The van der Waals surface area contributed by atoms with Gasteiger partial charge in [-0.25, -0.2) is 4.79 Å². The number of Topliss-reactive ketones (excluding diaryl/α,β-unsaturated/α-hetero) is 1. The quantitative estimate of drug-likeness (QED) is 0.375. The first-order valence-corrected chi connectivity index (χ1v) is 11.7. The maximum atomic E-state index is 12.4. The lowest BCUT2D eigenvalue weighted by atomic mass is 9.85. The van der Waals surface area contributed by atoms with Gasteiger partial charge in [-0.3, -0.25) is 4.79 Å². The number of rotatable bonds is 10. The van der Waals surface area contributed by atoms with Crippen LogP contribution in [0.5, 0.6) is 0 Å². The Bertz CT molecular complexity index is 435. The fourth-order valence-electron chi connectivity index (χ4n) is 2.10. The van der Waals surface area contributed by atoms with Gasteiger partial charge in [-0.1, -0.05) is 33.5 Å². The highest BCUT2D eigenvalue weighted by Crippen LogP contribution is 2.26. The number of methoxy groups -OCH3 is 1. The number of hydrogen-bond acceptors (Lipinski definition) is 5. The summed E-state index contributed by atoms with van der Waals surface area (Å²) in [4.78, 5) is 24.2. The van der Waals surface area contributed by atoms with Crippen LogP contribution in [0.15, 0.2) is 11.6 Å². The molecule has 0 aromatic carbocycles. The van der Waals surface area contributed by atoms with E-state index in [1.54, 1.807) is 20.8 Å². The molecule has 0 saturated heterocycles. The molecule has 0 spiro atoms. The third kappa shape index (κ3) is 8.44. The molecule has 0 aromatic heterocycles. The second-order valence-electron chi connectivity index (χ2n) is 7.60. The van der Waals surface area contributed by atoms with E-state index in [-0.39, 0.29) is 18.8 Å². The zero-order chi connectivity index (χ0) is 18.3. The summed E-state index contributed by atoms with van der Waals surface area (Å²) in [5.41, 5.74) is -0.0162. The van der Waals surface area contributed by atoms with E-state index < -0.39 is 25.6 Å². The van der Waals surface area contributed by atoms with Crippen LogP contribution in [-0.4, -0.2) is 51.4 Å². The van der Waals surface area contributed by atoms with Crippen LogP contribution < -0.4 is 0 Å². The third-order valence-electron chi connectivity index (χ3n) is 3.54. The molecule has 0 amide bonds. The number of ketones is 1. The molecule has 0 fully saturated rings. The monoisotopic (exact) mass is 344 g/mol. The summed E-state index contributed by atoms with van der Waals surface area (Å²) in [6.07, 6.45) is 1.14. The first-order chi connectivity index (χ1) is 10.5. The van der Waals surface area contributed by atoms with Gasteiger partial charge >= 0.3 is 5.97 Å². The van der Waals surface area contributed by atoms with E-state index in [4.69, 9.17) is 9.47 Å². The Labute approximate surface area is 141 Å². The fraction of sp³-hybridized carbons (Fsp3) is 0.765. The molecule has 0 aliphatic carbocycles. The van der Waals surface area contributed by atoms with Gasteiger partial charge in [-0.05, 0) is 18.5 Å². The van der Waals surface area contributed by atoms with Crippen LogP contribution in [-0.2, 0) is 19.1 Å². The van der Waals surface area contributed by atoms with Crippen LogP contribution in [0.4, 0.5) is 0 Å². The van der Waals surface area contributed by atoms with Gasteiger partial charge in [-0.2, -0.15) is 0 Å². The van der Waals surface area contributed by atoms with Crippen LogP contribution in [0.25, 0.3) is 0 Å². The standard InChI is InChI=1S/C17H32O5Si/c1-8-22-16(20)9-13(11-23(5,6)7)14(21-4)10-15(19)17(2,3)12-18/h9,14,18H,8,10-12H2,1-7H3/b13-9-/t14-/m0/s1. The van der Waals surface area contributed by atoms with Crippen LogP contribution in [0, 0.1) is 5.41 Å². The van der Waals surface area contributed by atoms with Crippen LogP contribution in [0.2, 0.25) is 25.7 Å². The topological polar surface area (TPSA) is 72.8 Å². The third-order valence-corrected chi connectivity index (χ3v) is 5.01. The molecule has 5 nitrogen and oxygen atoms in total. The molecule has 0 unspecified atom stereocenters. The Kier molecular flexibility index (Phi) is 8.95. The average molecular weight is 345 g/mol. The van der Waals surface area contributed by atoms with Crippen LogP contribution in [0.1, 0.15) is 27.2 Å². The smallest absolute Gasteiger partial charge is 0.330 e. The molecule has 0 radical (unpaired) electrons. The van der Waals surface area contributed by atoms with Crippen molar-refractivity contribution in [3.8, 4) is 0 Å². The molecular weight excluding hydrogens is 312 g/mol. The van der Waals surface area contributed by atoms with Crippen molar-refractivity contribution in [3.05, 3.63) is 11.6 Å². The number of aliphatic hydroxyl groups is 1. The summed E-state index contributed by atoms with van der Waals surface area (Å²) in [6, 6.07) is 0.747. The molecule has 1 N–H and O–H groups in total. The predicted octanol–water partition coefficient (Wildman–Crippen LogP) is 2.81. The van der Waals surface area contributed by atoms with E-state index >= 15 is 0 Å². The van der Waals surface area contributed by atoms with E-state index in [0.29, 0.717) is 6.61 Å². The molecule has 0 bridgehead atoms. The van der Waals surface area contributed by atoms with Gasteiger partial charge in [0.25, 0.3) is 0 Å². The highest BCUT2D eigenvalue weighted by Gasteiger charge is 2.31. The van der Waals surface area contributed by atoms with Gasteiger partial charge < -0.3 is 14.6 Å². The predicted molar refractivity (Wildman–Crippen MR) is 94.2 cm³/mol. The Balaban J connectivity index is 5.39. The van der Waals surface area contributed by atoms with Crippen LogP contribution in [0.3, 0.4) is 0 Å². The van der Waals surface area contributed by atoms with Gasteiger partial charge in [0, 0.05) is 33.1 Å². The van der Waals surface area contributed by atoms with Crippen LogP contribution >= 0.6 is 0 Å². The molecule has 6 heteroatoms. The van der Waals surface area contributed by atoms with Gasteiger partial charge in [-0.15, -0.1) is 0 Å². The van der Waals surface area contributed by atoms with Crippen molar-refractivity contribution in [3.63, 3.8) is 0 Å². The Morgan fingerprint density at radius 2 is 1.83 bits per heavy atom.